The predicted octanol–water partition coefficient (Wildman–Crippen LogP) is 2.14. The summed E-state index contributed by atoms with van der Waals surface area (Å²) in [6.07, 6.45) is 1.57. The number of hydrogen-bond donors (Lipinski definition) is 3. The van der Waals surface area contributed by atoms with Gasteiger partial charge in [0.2, 0.25) is 5.95 Å². The molecule has 0 aliphatic rings. The number of halogens is 1. The molecule has 0 radical (unpaired) electrons. The molecule has 0 aliphatic carbocycles. The van der Waals surface area contributed by atoms with Crippen molar-refractivity contribution in [3.63, 3.8) is 0 Å². The van der Waals surface area contributed by atoms with Crippen molar-refractivity contribution in [1.82, 2.24) is 9.97 Å². The van der Waals surface area contributed by atoms with Gasteiger partial charge in [0.05, 0.1) is 15.7 Å². The van der Waals surface area contributed by atoms with E-state index in [1.165, 1.54) is 0 Å². The zero-order valence-electron chi connectivity index (χ0n) is 9.18. The van der Waals surface area contributed by atoms with Crippen LogP contribution in [0.1, 0.15) is 5.56 Å². The van der Waals surface area contributed by atoms with Gasteiger partial charge in [0.1, 0.15) is 11.9 Å². The molecule has 1 aromatic heterocycles. The lowest BCUT2D eigenvalue weighted by molar-refractivity contribution is 1.11. The maximum Gasteiger partial charge on any atom is 0.239 e. The van der Waals surface area contributed by atoms with E-state index in [0.29, 0.717) is 21.5 Å². The molecule has 18 heavy (non-hydrogen) atoms. The summed E-state index contributed by atoms with van der Waals surface area (Å²) in [5.41, 5.74) is 3.56. The smallest absolute Gasteiger partial charge is 0.239 e. The molecule has 1 heterocycles. The van der Waals surface area contributed by atoms with Gasteiger partial charge in [0.15, 0.2) is 0 Å². The van der Waals surface area contributed by atoms with E-state index in [-0.39, 0.29) is 5.95 Å². The number of nitriles is 1. The molecular formula is C11H9BrN6. The summed E-state index contributed by atoms with van der Waals surface area (Å²) >= 11 is 3.32. The van der Waals surface area contributed by atoms with Gasteiger partial charge in [-0.3, -0.25) is 5.43 Å². The first-order valence-electron chi connectivity index (χ1n) is 5.00. The third-order valence-corrected chi connectivity index (χ3v) is 2.75. The Hall–Kier alpha value is -2.17. The van der Waals surface area contributed by atoms with E-state index in [9.17, 15) is 0 Å². The van der Waals surface area contributed by atoms with Crippen molar-refractivity contribution in [1.29, 1.82) is 5.26 Å². The van der Waals surface area contributed by atoms with Crippen LogP contribution < -0.4 is 16.6 Å². The quantitative estimate of drug-likeness (QED) is 0.593. The van der Waals surface area contributed by atoms with E-state index in [0.717, 1.165) is 0 Å². The van der Waals surface area contributed by atoms with Gasteiger partial charge in [-0.15, -0.1) is 0 Å². The number of nitrogens with two attached hydrogens (primary N) is 1. The Labute approximate surface area is 112 Å². The minimum absolute atomic E-state index is 0.287. The number of anilines is 3. The molecule has 4 N–H and O–H groups in total. The Bertz CT molecular complexity index is 607. The fourth-order valence-corrected chi connectivity index (χ4v) is 1.63. The number of hydrazine groups is 1. The predicted molar refractivity (Wildman–Crippen MR) is 72.0 cm³/mol. The first-order valence-corrected chi connectivity index (χ1v) is 5.79. The van der Waals surface area contributed by atoms with Gasteiger partial charge in [0.25, 0.3) is 0 Å². The molecule has 0 spiro atoms. The second-order valence-electron chi connectivity index (χ2n) is 3.32. The summed E-state index contributed by atoms with van der Waals surface area (Å²) in [5, 5.41) is 12.1. The van der Waals surface area contributed by atoms with Crippen LogP contribution in [0.2, 0.25) is 0 Å². The van der Waals surface area contributed by atoms with Gasteiger partial charge in [0, 0.05) is 6.20 Å². The molecule has 2 rings (SSSR count). The molecule has 90 valence electrons. The van der Waals surface area contributed by atoms with Crippen LogP contribution in [0, 0.1) is 11.3 Å². The highest BCUT2D eigenvalue weighted by Gasteiger charge is 2.07. The highest BCUT2D eigenvalue weighted by Crippen LogP contribution is 2.25. The maximum atomic E-state index is 9.00. The van der Waals surface area contributed by atoms with Crippen LogP contribution in [0.25, 0.3) is 0 Å². The summed E-state index contributed by atoms with van der Waals surface area (Å²) in [6.45, 7) is 0. The monoisotopic (exact) mass is 304 g/mol. The molecule has 0 amide bonds. The van der Waals surface area contributed by atoms with Crippen LogP contribution in [-0.4, -0.2) is 9.97 Å². The molecule has 6 nitrogen and oxygen atoms in total. The molecule has 7 heteroatoms. The van der Waals surface area contributed by atoms with Crippen molar-refractivity contribution < 1.29 is 0 Å². The molecule has 0 saturated carbocycles. The van der Waals surface area contributed by atoms with Gasteiger partial charge < -0.3 is 5.32 Å². The second-order valence-corrected chi connectivity index (χ2v) is 4.17. The lowest BCUT2D eigenvalue weighted by atomic mass is 10.2. The molecular weight excluding hydrogens is 296 g/mol. The first-order chi connectivity index (χ1) is 8.74. The number of benzene rings is 1. The van der Waals surface area contributed by atoms with Gasteiger partial charge in [-0.1, -0.05) is 12.1 Å². The zero-order valence-corrected chi connectivity index (χ0v) is 10.8. The van der Waals surface area contributed by atoms with Gasteiger partial charge >= 0.3 is 0 Å². The molecule has 0 saturated heterocycles. The molecule has 0 atom stereocenters. The summed E-state index contributed by atoms with van der Waals surface area (Å²) < 4.78 is 0.675. The Morgan fingerprint density at radius 2 is 2.11 bits per heavy atom. The summed E-state index contributed by atoms with van der Waals surface area (Å²) in [4.78, 5) is 8.09. The van der Waals surface area contributed by atoms with Crippen LogP contribution in [0.5, 0.6) is 0 Å². The topological polar surface area (TPSA) is 99.7 Å². The molecule has 0 aliphatic heterocycles. The second kappa shape index (κ2) is 5.44. The van der Waals surface area contributed by atoms with Crippen molar-refractivity contribution in [3.8, 4) is 6.07 Å². The normalized spacial score (nSPS) is 9.61. The molecule has 2 aromatic rings. The lowest BCUT2D eigenvalue weighted by Crippen LogP contribution is -2.11. The number of aromatic nitrogens is 2. The number of nitrogens with one attached hydrogen (secondary N) is 2. The Morgan fingerprint density at radius 3 is 2.83 bits per heavy atom. The molecule has 0 fully saturated rings. The first kappa shape index (κ1) is 12.3. The maximum absolute atomic E-state index is 9.00. The average Bonchev–Trinajstić information content (AvgIpc) is 2.42. The number of hydrogen-bond acceptors (Lipinski definition) is 6. The van der Waals surface area contributed by atoms with Gasteiger partial charge in [-0.25, -0.2) is 10.8 Å². The van der Waals surface area contributed by atoms with Gasteiger partial charge in [-0.05, 0) is 28.1 Å². The zero-order chi connectivity index (χ0) is 13.0. The van der Waals surface area contributed by atoms with Crippen molar-refractivity contribution in [2.75, 3.05) is 10.7 Å². The summed E-state index contributed by atoms with van der Waals surface area (Å²) in [5.74, 6) is 6.06. The lowest BCUT2D eigenvalue weighted by Gasteiger charge is -2.09. The largest absolute Gasteiger partial charge is 0.338 e. The highest BCUT2D eigenvalue weighted by atomic mass is 79.9. The van der Waals surface area contributed by atoms with Crippen molar-refractivity contribution in [2.45, 2.75) is 0 Å². The van der Waals surface area contributed by atoms with Crippen molar-refractivity contribution in [2.24, 2.45) is 5.84 Å². The number of nitrogen functional groups attached to an aromatic ring is 1. The van der Waals surface area contributed by atoms with E-state index < -0.39 is 0 Å². The Morgan fingerprint density at radius 1 is 1.33 bits per heavy atom. The van der Waals surface area contributed by atoms with E-state index >= 15 is 0 Å². The fourth-order valence-electron chi connectivity index (χ4n) is 1.34. The van der Waals surface area contributed by atoms with Crippen LogP contribution in [-0.2, 0) is 0 Å². The SMILES string of the molecule is N#Cc1ccccc1Nc1nc(NN)ncc1Br. The Balaban J connectivity index is 2.37. The minimum atomic E-state index is 0.287. The number of rotatable bonds is 3. The van der Waals surface area contributed by atoms with Gasteiger partial charge in [-0.2, -0.15) is 10.2 Å². The third kappa shape index (κ3) is 2.56. The third-order valence-electron chi connectivity index (χ3n) is 2.17. The molecule has 0 bridgehead atoms. The standard InChI is InChI=1S/C11H9BrN6/c12-8-6-15-11(18-14)17-10(8)16-9-4-2-1-3-7(9)5-13/h1-4,6H,14H2,(H2,15,16,17,18). The van der Waals surface area contributed by atoms with Crippen molar-refractivity contribution in [3.05, 3.63) is 40.5 Å². The summed E-state index contributed by atoms with van der Waals surface area (Å²) in [6, 6.07) is 9.25. The van der Waals surface area contributed by atoms with E-state index in [4.69, 9.17) is 11.1 Å². The van der Waals surface area contributed by atoms with Crippen LogP contribution in [0.15, 0.2) is 34.9 Å². The van der Waals surface area contributed by atoms with Crippen LogP contribution >= 0.6 is 15.9 Å². The average molecular weight is 305 g/mol. The van der Waals surface area contributed by atoms with Crippen molar-refractivity contribution >= 4 is 33.4 Å². The molecule has 0 unspecified atom stereocenters. The van der Waals surface area contributed by atoms with E-state index in [1.54, 1.807) is 24.4 Å². The minimum Gasteiger partial charge on any atom is -0.338 e. The molecule has 1 aromatic carbocycles. The number of para-hydroxylation sites is 1. The number of nitrogens with zero attached hydrogens (tertiary/aromatic N) is 3. The summed E-state index contributed by atoms with van der Waals surface area (Å²) in [7, 11) is 0. The van der Waals surface area contributed by atoms with Crippen LogP contribution in [0.4, 0.5) is 17.5 Å². The highest BCUT2D eigenvalue weighted by molar-refractivity contribution is 9.10. The van der Waals surface area contributed by atoms with Crippen LogP contribution in [0.3, 0.4) is 0 Å². The fraction of sp³-hybridized carbons (Fsp3) is 0. The van der Waals surface area contributed by atoms with E-state index in [1.807, 2.05) is 6.07 Å². The Kier molecular flexibility index (Phi) is 3.72. The van der Waals surface area contributed by atoms with E-state index in [2.05, 4.69) is 42.7 Å².